The Labute approximate surface area is 292 Å². The van der Waals surface area contributed by atoms with Crippen molar-refractivity contribution in [2.75, 3.05) is 32.9 Å². The van der Waals surface area contributed by atoms with Crippen LogP contribution in [0.25, 0.3) is 0 Å². The molecule has 0 spiro atoms. The lowest BCUT2D eigenvalue weighted by molar-refractivity contribution is -0.146. The van der Waals surface area contributed by atoms with Crippen molar-refractivity contribution in [1.82, 2.24) is 4.90 Å². The second-order valence-electron chi connectivity index (χ2n) is 14.3. The molecule has 2 unspecified atom stereocenters. The Morgan fingerprint density at radius 2 is 0.936 bits per heavy atom. The van der Waals surface area contributed by atoms with Gasteiger partial charge < -0.3 is 19.5 Å². The lowest BCUT2D eigenvalue weighted by Gasteiger charge is -2.32. The van der Waals surface area contributed by atoms with Gasteiger partial charge in [0.15, 0.2) is 0 Å². The Bertz CT molecular complexity index is 645. The Hall–Kier alpha value is -1.14. The number of aliphatic hydroxyl groups excluding tert-OH is 1. The fourth-order valence-electron chi connectivity index (χ4n) is 6.55. The van der Waals surface area contributed by atoms with E-state index in [9.17, 15) is 14.7 Å². The Balaban J connectivity index is 4.80. The molecule has 0 aliphatic rings. The molecule has 2 atom stereocenters. The number of esters is 2. The van der Waals surface area contributed by atoms with Crippen LogP contribution in [-0.2, 0) is 19.1 Å². The lowest BCUT2D eigenvalue weighted by atomic mass is 9.98. The highest BCUT2D eigenvalue weighted by Gasteiger charge is 2.18. The third kappa shape index (κ3) is 28.4. The summed E-state index contributed by atoms with van der Waals surface area (Å²) < 4.78 is 11.3. The molecule has 0 aliphatic carbocycles. The Morgan fingerprint density at radius 3 is 1.38 bits per heavy atom. The monoisotopic (exact) mass is 668 g/mol. The molecule has 6 nitrogen and oxygen atoms in total. The van der Waals surface area contributed by atoms with Crippen molar-refractivity contribution in [1.29, 1.82) is 0 Å². The van der Waals surface area contributed by atoms with Gasteiger partial charge in [0.25, 0.3) is 0 Å². The van der Waals surface area contributed by atoms with Crippen LogP contribution in [0.15, 0.2) is 0 Å². The number of hydrogen-bond donors (Lipinski definition) is 1. The van der Waals surface area contributed by atoms with Crippen LogP contribution in [-0.4, -0.2) is 60.9 Å². The maximum absolute atomic E-state index is 12.4. The van der Waals surface area contributed by atoms with Crippen LogP contribution >= 0.6 is 0 Å². The second-order valence-corrected chi connectivity index (χ2v) is 14.3. The van der Waals surface area contributed by atoms with E-state index < -0.39 is 0 Å². The quantitative estimate of drug-likeness (QED) is 0.0529. The Morgan fingerprint density at radius 1 is 0.511 bits per heavy atom. The van der Waals surface area contributed by atoms with Gasteiger partial charge in [-0.05, 0) is 69.7 Å². The van der Waals surface area contributed by atoms with Crippen LogP contribution in [0, 0.1) is 11.8 Å². The average molecular weight is 668 g/mol. The number of hydrogen-bond acceptors (Lipinski definition) is 6. The Kier molecular flexibility index (Phi) is 33.9. The fraction of sp³-hybridized carbons (Fsp3) is 0.951. The van der Waals surface area contributed by atoms with Gasteiger partial charge >= 0.3 is 11.9 Å². The van der Waals surface area contributed by atoms with E-state index in [2.05, 4.69) is 39.5 Å². The number of nitrogens with zero attached hydrogens (tertiary/aromatic N) is 1. The first-order valence-corrected chi connectivity index (χ1v) is 20.6. The van der Waals surface area contributed by atoms with E-state index in [1.54, 1.807) is 0 Å². The van der Waals surface area contributed by atoms with Crippen molar-refractivity contribution in [3.05, 3.63) is 0 Å². The minimum absolute atomic E-state index is 0.0373. The number of rotatable bonds is 36. The summed E-state index contributed by atoms with van der Waals surface area (Å²) in [5, 5.41) is 9.64. The van der Waals surface area contributed by atoms with Gasteiger partial charge in [-0.25, -0.2) is 0 Å². The van der Waals surface area contributed by atoms with Crippen LogP contribution in [0.3, 0.4) is 0 Å². The third-order valence-electron chi connectivity index (χ3n) is 10.1. The molecule has 0 amide bonds. The van der Waals surface area contributed by atoms with Crippen LogP contribution in [0.1, 0.15) is 202 Å². The molecule has 0 bridgehead atoms. The highest BCUT2D eigenvalue weighted by molar-refractivity contribution is 5.69. The molecule has 1 N–H and O–H groups in total. The largest absolute Gasteiger partial charge is 0.465 e. The van der Waals surface area contributed by atoms with E-state index in [4.69, 9.17) is 9.47 Å². The van der Waals surface area contributed by atoms with Crippen molar-refractivity contribution < 1.29 is 24.2 Å². The van der Waals surface area contributed by atoms with Crippen LogP contribution in [0.5, 0.6) is 0 Å². The molecule has 0 saturated heterocycles. The van der Waals surface area contributed by atoms with Gasteiger partial charge in [-0.1, -0.05) is 137 Å². The van der Waals surface area contributed by atoms with Gasteiger partial charge in [0, 0.05) is 32.0 Å². The molecule has 0 fully saturated rings. The summed E-state index contributed by atoms with van der Waals surface area (Å²) >= 11 is 0. The first kappa shape index (κ1) is 45.9. The van der Waals surface area contributed by atoms with Crippen molar-refractivity contribution in [3.63, 3.8) is 0 Å². The zero-order valence-corrected chi connectivity index (χ0v) is 32.2. The molecule has 6 heteroatoms. The fourth-order valence-corrected chi connectivity index (χ4v) is 6.55. The summed E-state index contributed by atoms with van der Waals surface area (Å²) in [6, 6.07) is 0.494. The predicted molar refractivity (Wildman–Crippen MR) is 200 cm³/mol. The summed E-state index contributed by atoms with van der Waals surface area (Å²) in [4.78, 5) is 27.4. The van der Waals surface area contributed by atoms with Crippen molar-refractivity contribution in [2.24, 2.45) is 11.8 Å². The first-order chi connectivity index (χ1) is 22.9. The topological polar surface area (TPSA) is 76.1 Å². The molecule has 0 aliphatic heterocycles. The minimum atomic E-state index is -0.0373. The van der Waals surface area contributed by atoms with Crippen LogP contribution < -0.4 is 0 Å². The van der Waals surface area contributed by atoms with Gasteiger partial charge in [0.1, 0.15) is 0 Å². The normalized spacial score (nSPS) is 13.5. The predicted octanol–water partition coefficient (Wildman–Crippen LogP) is 11.2. The standard InChI is InChI=1S/C41H81NO5/c1-6-11-14-15-16-17-24-32-42(33-25-34-43)39(28-20-18-22-30-40(44)46-35-37(9-4)26-12-7-2)29-21-19-23-31-41(45)47-36-38(10-5)27-13-8-3/h37-39,43H,6-36H2,1-5H3. The number of unbranched alkanes of at least 4 members (excludes halogenated alkanes) is 12. The highest BCUT2D eigenvalue weighted by atomic mass is 16.5. The molecule has 0 heterocycles. The third-order valence-corrected chi connectivity index (χ3v) is 10.1. The number of ether oxygens (including phenoxy) is 2. The van der Waals surface area contributed by atoms with E-state index >= 15 is 0 Å². The highest BCUT2D eigenvalue weighted by Crippen LogP contribution is 2.21. The van der Waals surface area contributed by atoms with E-state index in [0.29, 0.717) is 43.9 Å². The smallest absolute Gasteiger partial charge is 0.305 e. The van der Waals surface area contributed by atoms with Crippen molar-refractivity contribution >= 4 is 11.9 Å². The summed E-state index contributed by atoms with van der Waals surface area (Å²) in [5.74, 6) is 0.917. The van der Waals surface area contributed by atoms with Crippen molar-refractivity contribution in [3.8, 4) is 0 Å². The van der Waals surface area contributed by atoms with Gasteiger partial charge in [0.05, 0.1) is 13.2 Å². The second kappa shape index (κ2) is 34.7. The first-order valence-electron chi connectivity index (χ1n) is 20.6. The number of aliphatic hydroxyl groups is 1. The molecule has 0 aromatic heterocycles. The van der Waals surface area contributed by atoms with Crippen LogP contribution in [0.4, 0.5) is 0 Å². The zero-order valence-electron chi connectivity index (χ0n) is 32.2. The van der Waals surface area contributed by atoms with E-state index in [1.165, 1.54) is 70.6 Å². The molecule has 280 valence electrons. The maximum atomic E-state index is 12.4. The summed E-state index contributed by atoms with van der Waals surface area (Å²) in [5.41, 5.74) is 0. The molecular formula is C41H81NO5. The minimum Gasteiger partial charge on any atom is -0.465 e. The molecule has 0 radical (unpaired) electrons. The van der Waals surface area contributed by atoms with E-state index in [1.807, 2.05) is 0 Å². The van der Waals surface area contributed by atoms with Gasteiger partial charge in [-0.3, -0.25) is 9.59 Å². The summed E-state index contributed by atoms with van der Waals surface area (Å²) in [7, 11) is 0. The summed E-state index contributed by atoms with van der Waals surface area (Å²) in [6.45, 7) is 14.5. The molecule has 47 heavy (non-hydrogen) atoms. The lowest BCUT2D eigenvalue weighted by Crippen LogP contribution is -2.37. The van der Waals surface area contributed by atoms with Gasteiger partial charge in [-0.15, -0.1) is 0 Å². The summed E-state index contributed by atoms with van der Waals surface area (Å²) in [6.07, 6.45) is 28.6. The van der Waals surface area contributed by atoms with Crippen LogP contribution in [0.2, 0.25) is 0 Å². The molecule has 0 aromatic rings. The molecule has 0 saturated carbocycles. The van der Waals surface area contributed by atoms with Crippen molar-refractivity contribution in [2.45, 2.75) is 208 Å². The zero-order chi connectivity index (χ0) is 34.8. The number of carbonyl (C=O) groups excluding carboxylic acids is 2. The maximum Gasteiger partial charge on any atom is 0.305 e. The van der Waals surface area contributed by atoms with Gasteiger partial charge in [0.2, 0.25) is 0 Å². The molecule has 0 aromatic carbocycles. The van der Waals surface area contributed by atoms with E-state index in [-0.39, 0.29) is 18.5 Å². The number of carbonyl (C=O) groups is 2. The molecule has 0 rings (SSSR count). The van der Waals surface area contributed by atoms with E-state index in [0.717, 1.165) is 96.6 Å². The average Bonchev–Trinajstić information content (AvgIpc) is 3.08. The van der Waals surface area contributed by atoms with Gasteiger partial charge in [-0.2, -0.15) is 0 Å². The molecular weight excluding hydrogens is 586 g/mol. The SMILES string of the molecule is CCCCCCCCCN(CCCO)C(CCCCCC(=O)OCC(CC)CCCC)CCCCCC(=O)OCC(CC)CCCC.